The van der Waals surface area contributed by atoms with E-state index in [9.17, 15) is 4.79 Å². The molecule has 1 amide bonds. The van der Waals surface area contributed by atoms with Gasteiger partial charge in [-0.05, 0) is 36.8 Å². The number of amides is 1. The van der Waals surface area contributed by atoms with Gasteiger partial charge >= 0.3 is 0 Å². The van der Waals surface area contributed by atoms with Crippen molar-refractivity contribution in [3.63, 3.8) is 0 Å². The van der Waals surface area contributed by atoms with Gasteiger partial charge in [-0.1, -0.05) is 23.7 Å². The van der Waals surface area contributed by atoms with Crippen molar-refractivity contribution in [3.05, 3.63) is 64.3 Å². The second-order valence-electron chi connectivity index (χ2n) is 6.59. The number of piperazine rings is 1. The van der Waals surface area contributed by atoms with Crippen LogP contribution in [-0.4, -0.2) is 47.0 Å². The Kier molecular flexibility index (Phi) is 5.45. The Morgan fingerprint density at radius 3 is 2.75 bits per heavy atom. The first-order valence-electron chi connectivity index (χ1n) is 9.04. The Labute approximate surface area is 172 Å². The van der Waals surface area contributed by atoms with Crippen LogP contribution in [0.3, 0.4) is 0 Å². The predicted molar refractivity (Wildman–Crippen MR) is 114 cm³/mol. The zero-order chi connectivity index (χ0) is 19.5. The zero-order valence-electron chi connectivity index (χ0n) is 15.4. The molecule has 0 spiro atoms. The monoisotopic (exact) mass is 413 g/mol. The average molecular weight is 414 g/mol. The number of nitrogens with one attached hydrogen (secondary N) is 1. The molecule has 0 radical (unpaired) electrons. The van der Waals surface area contributed by atoms with E-state index in [4.69, 9.17) is 11.6 Å². The maximum Gasteiger partial charge on any atom is 0.273 e. The number of aryl methyl sites for hydroxylation is 1. The summed E-state index contributed by atoms with van der Waals surface area (Å²) in [6.45, 7) is 4.94. The van der Waals surface area contributed by atoms with Gasteiger partial charge in [-0.15, -0.1) is 11.3 Å². The van der Waals surface area contributed by atoms with Crippen molar-refractivity contribution < 1.29 is 4.79 Å². The van der Waals surface area contributed by atoms with E-state index in [1.54, 1.807) is 11.6 Å². The lowest BCUT2D eigenvalue weighted by Gasteiger charge is -2.36. The molecule has 0 aliphatic carbocycles. The summed E-state index contributed by atoms with van der Waals surface area (Å²) in [6, 6.07) is 11.5. The molecule has 28 heavy (non-hydrogen) atoms. The molecule has 3 aromatic rings. The maximum absolute atomic E-state index is 12.8. The van der Waals surface area contributed by atoms with E-state index in [-0.39, 0.29) is 5.91 Å². The minimum Gasteiger partial charge on any atom is -0.368 e. The van der Waals surface area contributed by atoms with Gasteiger partial charge in [-0.25, -0.2) is 9.97 Å². The number of hydrogen-bond acceptors (Lipinski definition) is 6. The first-order valence-corrected chi connectivity index (χ1v) is 10.3. The standard InChI is InChI=1S/C20H20ClN5OS/c1-14-5-6-15(21)12-17(14)25-8-10-26(11-9-25)19(27)16-13-28-20(23-16)24-18-4-2-3-7-22-18/h2-7,12-13H,8-11H2,1H3,(H,22,23,24). The first kappa shape index (κ1) is 18.7. The summed E-state index contributed by atoms with van der Waals surface area (Å²) in [5.74, 6) is 0.675. The van der Waals surface area contributed by atoms with Crippen LogP contribution in [0.25, 0.3) is 0 Å². The smallest absolute Gasteiger partial charge is 0.273 e. The molecule has 3 heterocycles. The number of nitrogens with zero attached hydrogens (tertiary/aromatic N) is 4. The highest BCUT2D eigenvalue weighted by Crippen LogP contribution is 2.26. The fourth-order valence-corrected chi connectivity index (χ4v) is 4.07. The summed E-state index contributed by atoms with van der Waals surface area (Å²) < 4.78 is 0. The van der Waals surface area contributed by atoms with Crippen LogP contribution in [-0.2, 0) is 0 Å². The van der Waals surface area contributed by atoms with Crippen molar-refractivity contribution in [2.75, 3.05) is 36.4 Å². The molecule has 4 rings (SSSR count). The van der Waals surface area contributed by atoms with Crippen molar-refractivity contribution in [3.8, 4) is 0 Å². The van der Waals surface area contributed by atoms with Crippen molar-refractivity contribution in [1.82, 2.24) is 14.9 Å². The third kappa shape index (κ3) is 4.10. The SMILES string of the molecule is Cc1ccc(Cl)cc1N1CCN(C(=O)c2csc(Nc3ccccn3)n2)CC1. The van der Waals surface area contributed by atoms with E-state index < -0.39 is 0 Å². The molecule has 8 heteroatoms. The average Bonchev–Trinajstić information content (AvgIpc) is 3.18. The summed E-state index contributed by atoms with van der Waals surface area (Å²) in [5.41, 5.74) is 2.79. The number of anilines is 3. The van der Waals surface area contributed by atoms with E-state index in [1.165, 1.54) is 16.9 Å². The van der Waals surface area contributed by atoms with Crippen LogP contribution in [0.1, 0.15) is 16.1 Å². The highest BCUT2D eigenvalue weighted by Gasteiger charge is 2.24. The van der Waals surface area contributed by atoms with Crippen LogP contribution in [0, 0.1) is 6.92 Å². The summed E-state index contributed by atoms with van der Waals surface area (Å²) in [4.78, 5) is 25.6. The molecule has 144 valence electrons. The van der Waals surface area contributed by atoms with E-state index in [2.05, 4.69) is 27.1 Å². The molecule has 0 saturated carbocycles. The molecule has 1 aliphatic heterocycles. The quantitative estimate of drug-likeness (QED) is 0.694. The lowest BCUT2D eigenvalue weighted by atomic mass is 10.1. The number of thiazole rings is 1. The van der Waals surface area contributed by atoms with Crippen molar-refractivity contribution >= 4 is 45.5 Å². The normalized spacial score (nSPS) is 14.2. The Morgan fingerprint density at radius 1 is 1.18 bits per heavy atom. The van der Waals surface area contributed by atoms with Crippen LogP contribution in [0.15, 0.2) is 48.0 Å². The van der Waals surface area contributed by atoms with Crippen molar-refractivity contribution in [1.29, 1.82) is 0 Å². The van der Waals surface area contributed by atoms with Crippen LogP contribution >= 0.6 is 22.9 Å². The number of halogens is 1. The second kappa shape index (κ2) is 8.16. The number of rotatable bonds is 4. The van der Waals surface area contributed by atoms with Gasteiger partial charge in [0, 0.05) is 48.5 Å². The highest BCUT2D eigenvalue weighted by molar-refractivity contribution is 7.14. The summed E-state index contributed by atoms with van der Waals surface area (Å²) >= 11 is 7.55. The predicted octanol–water partition coefficient (Wildman–Crippen LogP) is 4.21. The van der Waals surface area contributed by atoms with Gasteiger partial charge in [0.25, 0.3) is 5.91 Å². The van der Waals surface area contributed by atoms with Gasteiger partial charge in [-0.3, -0.25) is 4.79 Å². The van der Waals surface area contributed by atoms with E-state index in [1.807, 2.05) is 41.3 Å². The van der Waals surface area contributed by atoms with Crippen molar-refractivity contribution in [2.45, 2.75) is 6.92 Å². The molecule has 1 N–H and O–H groups in total. The van der Waals surface area contributed by atoms with Gasteiger partial charge in [-0.2, -0.15) is 0 Å². The lowest BCUT2D eigenvalue weighted by molar-refractivity contribution is 0.0742. The first-order chi connectivity index (χ1) is 13.6. The number of carbonyl (C=O) groups excluding carboxylic acids is 1. The number of benzene rings is 1. The fraction of sp³-hybridized carbons (Fsp3) is 0.250. The van der Waals surface area contributed by atoms with Crippen LogP contribution < -0.4 is 10.2 Å². The molecule has 1 aromatic carbocycles. The largest absolute Gasteiger partial charge is 0.368 e. The molecule has 6 nitrogen and oxygen atoms in total. The van der Waals surface area contributed by atoms with Gasteiger partial charge < -0.3 is 15.1 Å². The zero-order valence-corrected chi connectivity index (χ0v) is 17.0. The van der Waals surface area contributed by atoms with E-state index >= 15 is 0 Å². The minimum absolute atomic E-state index is 0.0345. The second-order valence-corrected chi connectivity index (χ2v) is 7.88. The molecular weight excluding hydrogens is 394 g/mol. The van der Waals surface area contributed by atoms with Crippen molar-refractivity contribution in [2.24, 2.45) is 0 Å². The number of pyridine rings is 1. The van der Waals surface area contributed by atoms with Crippen LogP contribution in [0.2, 0.25) is 5.02 Å². The van der Waals surface area contributed by atoms with Gasteiger partial charge in [0.1, 0.15) is 11.5 Å². The number of aromatic nitrogens is 2. The maximum atomic E-state index is 12.8. The summed E-state index contributed by atoms with van der Waals surface area (Å²) in [6.07, 6.45) is 1.71. The Hall–Kier alpha value is -2.64. The molecule has 1 saturated heterocycles. The molecular formula is C20H20ClN5OS. The molecule has 0 atom stereocenters. The third-order valence-corrected chi connectivity index (χ3v) is 5.69. The fourth-order valence-electron chi connectivity index (χ4n) is 3.21. The Bertz CT molecular complexity index is 970. The third-order valence-electron chi connectivity index (χ3n) is 4.70. The number of hydrogen-bond donors (Lipinski definition) is 1. The van der Waals surface area contributed by atoms with E-state index in [0.29, 0.717) is 29.7 Å². The van der Waals surface area contributed by atoms with Gasteiger partial charge in [0.05, 0.1) is 0 Å². The van der Waals surface area contributed by atoms with E-state index in [0.717, 1.165) is 23.8 Å². The molecule has 2 aromatic heterocycles. The molecule has 1 aliphatic rings. The van der Waals surface area contributed by atoms with Gasteiger partial charge in [0.15, 0.2) is 5.13 Å². The Balaban J connectivity index is 1.38. The molecule has 0 bridgehead atoms. The molecule has 0 unspecified atom stereocenters. The summed E-state index contributed by atoms with van der Waals surface area (Å²) in [5, 5.41) is 6.31. The lowest BCUT2D eigenvalue weighted by Crippen LogP contribution is -2.49. The highest BCUT2D eigenvalue weighted by atomic mass is 35.5. The summed E-state index contributed by atoms with van der Waals surface area (Å²) in [7, 11) is 0. The number of carbonyl (C=O) groups is 1. The van der Waals surface area contributed by atoms with Crippen LogP contribution in [0.5, 0.6) is 0 Å². The Morgan fingerprint density at radius 2 is 2.00 bits per heavy atom. The minimum atomic E-state index is -0.0345. The van der Waals surface area contributed by atoms with Crippen LogP contribution in [0.4, 0.5) is 16.6 Å². The topological polar surface area (TPSA) is 61.4 Å². The molecule has 1 fully saturated rings. The van der Waals surface area contributed by atoms with Gasteiger partial charge in [0.2, 0.25) is 0 Å².